The van der Waals surface area contributed by atoms with Crippen molar-refractivity contribution < 1.29 is 9.47 Å². The summed E-state index contributed by atoms with van der Waals surface area (Å²) >= 11 is 1.88. The van der Waals surface area contributed by atoms with E-state index in [9.17, 15) is 0 Å². The maximum absolute atomic E-state index is 6.13. The standard InChI is InChI=1S/C33H35N3O2S/c1-6-37-32-16-12-26(19-35-32)25-10-8-24(9-11-25)20-36-21-31(39-33(3,4)5)29-17-28(14-15-30(29)36)38-22-27-13-7-23(2)18-34-27/h7-19,21H,6,20,22H2,1-5H3. The Morgan fingerprint density at radius 2 is 1.64 bits per heavy atom. The van der Waals surface area contributed by atoms with E-state index in [-0.39, 0.29) is 4.75 Å². The molecule has 0 spiro atoms. The molecule has 0 saturated heterocycles. The minimum Gasteiger partial charge on any atom is -0.487 e. The zero-order chi connectivity index (χ0) is 27.4. The van der Waals surface area contributed by atoms with Crippen LogP contribution in [0, 0.1) is 6.92 Å². The van der Waals surface area contributed by atoms with E-state index < -0.39 is 0 Å². The Morgan fingerprint density at radius 1 is 0.846 bits per heavy atom. The second-order valence-electron chi connectivity index (χ2n) is 10.6. The van der Waals surface area contributed by atoms with Gasteiger partial charge >= 0.3 is 0 Å². The molecule has 6 heteroatoms. The van der Waals surface area contributed by atoms with Crippen LogP contribution in [0.15, 0.2) is 90.2 Å². The predicted molar refractivity (Wildman–Crippen MR) is 161 cm³/mol. The average Bonchev–Trinajstić information content (AvgIpc) is 3.24. The van der Waals surface area contributed by atoms with Gasteiger partial charge in [0.1, 0.15) is 12.4 Å². The zero-order valence-corrected chi connectivity index (χ0v) is 24.1. The van der Waals surface area contributed by atoms with Crippen LogP contribution in [0.4, 0.5) is 0 Å². The molecule has 5 aromatic rings. The topological polar surface area (TPSA) is 49.2 Å². The number of rotatable bonds is 9. The summed E-state index contributed by atoms with van der Waals surface area (Å²) in [5.74, 6) is 1.51. The van der Waals surface area contributed by atoms with E-state index in [2.05, 4.69) is 96.1 Å². The highest BCUT2D eigenvalue weighted by Gasteiger charge is 2.18. The molecule has 0 aliphatic rings. The normalized spacial score (nSPS) is 11.6. The second-order valence-corrected chi connectivity index (χ2v) is 12.5. The van der Waals surface area contributed by atoms with Gasteiger partial charge in [0, 0.05) is 57.3 Å². The lowest BCUT2D eigenvalue weighted by molar-refractivity contribution is 0.301. The molecular formula is C33H35N3O2S. The highest BCUT2D eigenvalue weighted by molar-refractivity contribution is 8.00. The highest BCUT2D eigenvalue weighted by atomic mass is 32.2. The molecule has 5 nitrogen and oxygen atoms in total. The number of nitrogens with zero attached hydrogens (tertiary/aromatic N) is 3. The maximum Gasteiger partial charge on any atom is 0.213 e. The number of hydrogen-bond acceptors (Lipinski definition) is 5. The monoisotopic (exact) mass is 537 g/mol. The number of benzene rings is 2. The molecule has 0 aliphatic heterocycles. The molecule has 0 fully saturated rings. The minimum absolute atomic E-state index is 0.0925. The number of fused-ring (bicyclic) bond motifs is 1. The molecule has 5 rings (SSSR count). The Morgan fingerprint density at radius 3 is 2.31 bits per heavy atom. The van der Waals surface area contributed by atoms with E-state index in [1.54, 1.807) is 0 Å². The number of pyridine rings is 2. The number of hydrogen-bond donors (Lipinski definition) is 0. The molecule has 39 heavy (non-hydrogen) atoms. The fraction of sp³-hybridized carbons (Fsp3) is 0.273. The van der Waals surface area contributed by atoms with Crippen molar-refractivity contribution in [2.45, 2.75) is 57.4 Å². The van der Waals surface area contributed by atoms with Crippen LogP contribution in [0.1, 0.15) is 44.5 Å². The van der Waals surface area contributed by atoms with Crippen molar-refractivity contribution in [2.24, 2.45) is 0 Å². The minimum atomic E-state index is 0.0925. The van der Waals surface area contributed by atoms with Gasteiger partial charge in [-0.1, -0.05) is 51.1 Å². The molecule has 0 amide bonds. The van der Waals surface area contributed by atoms with E-state index in [4.69, 9.17) is 9.47 Å². The van der Waals surface area contributed by atoms with Crippen LogP contribution in [0.3, 0.4) is 0 Å². The van der Waals surface area contributed by atoms with Gasteiger partial charge < -0.3 is 14.0 Å². The maximum atomic E-state index is 6.13. The van der Waals surface area contributed by atoms with Crippen LogP contribution in [0.5, 0.6) is 11.6 Å². The summed E-state index contributed by atoms with van der Waals surface area (Å²) in [7, 11) is 0. The summed E-state index contributed by atoms with van der Waals surface area (Å²) in [5, 5.41) is 1.21. The number of ether oxygens (including phenoxy) is 2. The van der Waals surface area contributed by atoms with Gasteiger partial charge in [-0.3, -0.25) is 4.98 Å². The fourth-order valence-electron chi connectivity index (χ4n) is 4.40. The van der Waals surface area contributed by atoms with Crippen molar-refractivity contribution in [3.05, 3.63) is 102 Å². The molecular weight excluding hydrogens is 502 g/mol. The van der Waals surface area contributed by atoms with Crippen molar-refractivity contribution in [1.82, 2.24) is 14.5 Å². The zero-order valence-electron chi connectivity index (χ0n) is 23.3. The summed E-state index contributed by atoms with van der Waals surface area (Å²) in [5.41, 5.74) is 6.73. The summed E-state index contributed by atoms with van der Waals surface area (Å²) in [6, 6.07) is 23.1. The predicted octanol–water partition coefficient (Wildman–Crippen LogP) is 8.32. The van der Waals surface area contributed by atoms with Gasteiger partial charge in [0.25, 0.3) is 0 Å². The first-order valence-corrected chi connectivity index (χ1v) is 14.1. The van der Waals surface area contributed by atoms with Crippen LogP contribution < -0.4 is 9.47 Å². The first-order valence-electron chi connectivity index (χ1n) is 13.3. The van der Waals surface area contributed by atoms with E-state index >= 15 is 0 Å². The van der Waals surface area contributed by atoms with Gasteiger partial charge in [0.2, 0.25) is 5.88 Å². The van der Waals surface area contributed by atoms with Crippen LogP contribution in [0.25, 0.3) is 22.0 Å². The van der Waals surface area contributed by atoms with Gasteiger partial charge in [0.15, 0.2) is 0 Å². The number of aromatic nitrogens is 3. The number of aryl methyl sites for hydroxylation is 1. The largest absolute Gasteiger partial charge is 0.487 e. The smallest absolute Gasteiger partial charge is 0.213 e. The van der Waals surface area contributed by atoms with Gasteiger partial charge in [-0.25, -0.2) is 4.98 Å². The van der Waals surface area contributed by atoms with Crippen molar-refractivity contribution in [3.63, 3.8) is 0 Å². The molecule has 3 heterocycles. The van der Waals surface area contributed by atoms with Crippen molar-refractivity contribution in [2.75, 3.05) is 6.61 Å². The quantitative estimate of drug-likeness (QED) is 0.177. The SMILES string of the molecule is CCOc1ccc(-c2ccc(Cn3cc(SC(C)(C)C)c4cc(OCc5ccc(C)cn5)ccc43)cc2)cn1. The third-order valence-electron chi connectivity index (χ3n) is 6.26. The third kappa shape index (κ3) is 6.82. The van der Waals surface area contributed by atoms with Gasteiger partial charge in [-0.15, -0.1) is 11.8 Å². The molecule has 200 valence electrons. The number of thioether (sulfide) groups is 1. The van der Waals surface area contributed by atoms with Gasteiger partial charge in [-0.2, -0.15) is 0 Å². The highest BCUT2D eigenvalue weighted by Crippen LogP contribution is 2.39. The molecule has 0 aliphatic carbocycles. The van der Waals surface area contributed by atoms with Crippen molar-refractivity contribution >= 4 is 22.7 Å². The lowest BCUT2D eigenvalue weighted by Gasteiger charge is -2.16. The summed E-state index contributed by atoms with van der Waals surface area (Å²) in [6.07, 6.45) is 6.02. The molecule has 0 bridgehead atoms. The fourth-order valence-corrected chi connectivity index (χ4v) is 5.51. The van der Waals surface area contributed by atoms with Crippen LogP contribution in [-0.2, 0) is 13.2 Å². The summed E-state index contributed by atoms with van der Waals surface area (Å²) in [4.78, 5) is 10.1. The Bertz CT molecular complexity index is 1530. The van der Waals surface area contributed by atoms with Crippen molar-refractivity contribution in [1.29, 1.82) is 0 Å². The average molecular weight is 538 g/mol. The molecule has 0 atom stereocenters. The van der Waals surface area contributed by atoms with Gasteiger partial charge in [0.05, 0.1) is 12.3 Å². The molecule has 2 aromatic carbocycles. The van der Waals surface area contributed by atoms with Crippen LogP contribution in [0.2, 0.25) is 0 Å². The van der Waals surface area contributed by atoms with E-state index in [0.717, 1.165) is 34.7 Å². The van der Waals surface area contributed by atoms with E-state index in [1.165, 1.54) is 21.4 Å². The molecule has 3 aromatic heterocycles. The molecule has 0 N–H and O–H groups in total. The first kappa shape index (κ1) is 26.8. The Kier molecular flexibility index (Phi) is 7.94. The van der Waals surface area contributed by atoms with Crippen LogP contribution in [-0.4, -0.2) is 25.9 Å². The Balaban J connectivity index is 1.37. The Labute approximate surface area is 235 Å². The molecule has 0 unspecified atom stereocenters. The van der Waals surface area contributed by atoms with Gasteiger partial charge in [-0.05, 0) is 60.9 Å². The Hall–Kier alpha value is -3.77. The lowest BCUT2D eigenvalue weighted by Crippen LogP contribution is -2.06. The molecule has 0 radical (unpaired) electrons. The van der Waals surface area contributed by atoms with Crippen LogP contribution >= 0.6 is 11.8 Å². The first-order chi connectivity index (χ1) is 18.8. The lowest BCUT2D eigenvalue weighted by atomic mass is 10.1. The van der Waals surface area contributed by atoms with E-state index in [1.807, 2.05) is 50.1 Å². The van der Waals surface area contributed by atoms with E-state index in [0.29, 0.717) is 19.1 Å². The third-order valence-corrected chi connectivity index (χ3v) is 7.42. The van der Waals surface area contributed by atoms with Crippen molar-refractivity contribution in [3.8, 4) is 22.8 Å². The summed E-state index contributed by atoms with van der Waals surface area (Å²) < 4.78 is 14.0. The molecule has 0 saturated carbocycles. The summed E-state index contributed by atoms with van der Waals surface area (Å²) in [6.45, 7) is 12.6. The second kappa shape index (κ2) is 11.5.